The Morgan fingerprint density at radius 3 is 2.45 bits per heavy atom. The predicted molar refractivity (Wildman–Crippen MR) is 147 cm³/mol. The maximum Gasteiger partial charge on any atom is 0.573 e. The van der Waals surface area contributed by atoms with Crippen LogP contribution in [0.25, 0.3) is 0 Å². The van der Waals surface area contributed by atoms with Crippen molar-refractivity contribution in [2.45, 2.75) is 44.6 Å². The van der Waals surface area contributed by atoms with Crippen LogP contribution >= 0.6 is 0 Å². The Hall–Kier alpha value is -4.73. The molecular formula is C32H28F3NO6. The monoisotopic (exact) mass is 579 g/mol. The van der Waals surface area contributed by atoms with Crippen molar-refractivity contribution < 1.29 is 42.1 Å². The number of hydrogen-bond donors (Lipinski definition) is 2. The molecule has 2 aliphatic rings. The van der Waals surface area contributed by atoms with E-state index in [4.69, 9.17) is 9.47 Å². The van der Waals surface area contributed by atoms with Gasteiger partial charge >= 0.3 is 12.3 Å². The molecule has 42 heavy (non-hydrogen) atoms. The second kappa shape index (κ2) is 11.6. The fourth-order valence-corrected chi connectivity index (χ4v) is 5.58. The second-order valence-corrected chi connectivity index (χ2v) is 10.1. The molecule has 0 spiro atoms. The van der Waals surface area contributed by atoms with Crippen LogP contribution in [0.3, 0.4) is 0 Å². The molecule has 10 heteroatoms. The summed E-state index contributed by atoms with van der Waals surface area (Å²) in [5.74, 6) is -1.51. The van der Waals surface area contributed by atoms with Gasteiger partial charge < -0.3 is 24.6 Å². The number of rotatable bonds is 7. The number of nitrogens with one attached hydrogen (secondary N) is 1. The number of Topliss-reactive ketones (excluding diaryl/α,β-unsaturated/α-hetero) is 1. The first-order chi connectivity index (χ1) is 20.0. The number of hydrogen-bond acceptors (Lipinski definition) is 7. The van der Waals surface area contributed by atoms with Gasteiger partial charge in [-0.15, -0.1) is 13.2 Å². The van der Waals surface area contributed by atoms with E-state index in [1.165, 1.54) is 24.3 Å². The summed E-state index contributed by atoms with van der Waals surface area (Å²) in [6.45, 7) is 1.50. The van der Waals surface area contributed by atoms with Gasteiger partial charge in [-0.2, -0.15) is 0 Å². The van der Waals surface area contributed by atoms with Crippen molar-refractivity contribution >= 4 is 11.8 Å². The molecular weight excluding hydrogens is 551 g/mol. The van der Waals surface area contributed by atoms with E-state index >= 15 is 0 Å². The van der Waals surface area contributed by atoms with E-state index in [0.29, 0.717) is 40.3 Å². The Labute approximate surface area is 240 Å². The second-order valence-electron chi connectivity index (χ2n) is 10.1. The van der Waals surface area contributed by atoms with E-state index in [1.54, 1.807) is 26.2 Å². The predicted octanol–water partition coefficient (Wildman–Crippen LogP) is 6.40. The summed E-state index contributed by atoms with van der Waals surface area (Å²) in [6.07, 6.45) is -4.11. The highest BCUT2D eigenvalue weighted by Crippen LogP contribution is 2.47. The van der Waals surface area contributed by atoms with Crippen LogP contribution in [0.5, 0.6) is 17.2 Å². The molecule has 0 amide bonds. The Kier molecular flexibility index (Phi) is 7.98. The number of esters is 1. The quantitative estimate of drug-likeness (QED) is 0.313. The molecule has 7 nitrogen and oxygen atoms in total. The van der Waals surface area contributed by atoms with Crippen molar-refractivity contribution in [3.8, 4) is 17.2 Å². The van der Waals surface area contributed by atoms with Crippen LogP contribution in [-0.2, 0) is 20.9 Å². The molecule has 3 aromatic rings. The molecule has 218 valence electrons. The minimum atomic E-state index is -4.82. The average Bonchev–Trinajstić information content (AvgIpc) is 2.95. The van der Waals surface area contributed by atoms with Crippen molar-refractivity contribution in [3.63, 3.8) is 0 Å². The number of phenolic OH excluding ortho intramolecular Hbond substituents is 1. The number of allylic oxidation sites excluding steroid dienone is 3. The number of alkyl halides is 3. The summed E-state index contributed by atoms with van der Waals surface area (Å²) in [7, 11) is 1.58. The van der Waals surface area contributed by atoms with E-state index in [9.17, 15) is 27.9 Å². The molecule has 0 aromatic heterocycles. The zero-order chi connectivity index (χ0) is 30.0. The van der Waals surface area contributed by atoms with Crippen molar-refractivity contribution in [1.29, 1.82) is 0 Å². The summed E-state index contributed by atoms with van der Waals surface area (Å²) in [5.41, 5.74) is 3.72. The fourth-order valence-electron chi connectivity index (χ4n) is 5.58. The smallest absolute Gasteiger partial charge is 0.508 e. The number of benzene rings is 3. The van der Waals surface area contributed by atoms with Crippen LogP contribution in [0.4, 0.5) is 13.2 Å². The first-order valence-corrected chi connectivity index (χ1v) is 13.2. The van der Waals surface area contributed by atoms with Crippen LogP contribution in [0.2, 0.25) is 0 Å². The number of carbonyl (C=O) groups is 2. The SMILES string of the molecule is COc1ccccc1C1CC(=O)C2=C(C1)NC(C)=C(C(=O)OCc1ccc(OC(F)(F)F)cc1)C2c1cccc(O)c1. The number of dihydropyridines is 1. The van der Waals surface area contributed by atoms with Gasteiger partial charge in [-0.05, 0) is 60.4 Å². The number of methoxy groups -OCH3 is 1. The molecule has 1 aliphatic carbocycles. The number of ketones is 1. The van der Waals surface area contributed by atoms with E-state index in [1.807, 2.05) is 24.3 Å². The highest BCUT2D eigenvalue weighted by molar-refractivity contribution is 6.04. The van der Waals surface area contributed by atoms with E-state index < -0.39 is 24.0 Å². The number of halogens is 3. The minimum absolute atomic E-state index is 0.0186. The maximum absolute atomic E-state index is 13.8. The summed E-state index contributed by atoms with van der Waals surface area (Å²) in [4.78, 5) is 27.3. The third-order valence-corrected chi connectivity index (χ3v) is 7.36. The van der Waals surface area contributed by atoms with Crippen LogP contribution in [-0.4, -0.2) is 30.3 Å². The summed E-state index contributed by atoms with van der Waals surface area (Å²) >= 11 is 0. The molecule has 3 aromatic carbocycles. The average molecular weight is 580 g/mol. The summed E-state index contributed by atoms with van der Waals surface area (Å²) in [5, 5.41) is 13.5. The Bertz CT molecular complexity index is 1580. The number of ether oxygens (including phenoxy) is 3. The minimum Gasteiger partial charge on any atom is -0.508 e. The summed E-state index contributed by atoms with van der Waals surface area (Å²) in [6, 6.07) is 18.9. The van der Waals surface area contributed by atoms with Gasteiger partial charge in [0, 0.05) is 35.2 Å². The van der Waals surface area contributed by atoms with Gasteiger partial charge in [0.25, 0.3) is 0 Å². The van der Waals surface area contributed by atoms with Crippen molar-refractivity contribution in [2.24, 2.45) is 0 Å². The van der Waals surface area contributed by atoms with E-state index in [0.717, 1.165) is 17.7 Å². The fraction of sp³-hybridized carbons (Fsp3) is 0.250. The van der Waals surface area contributed by atoms with Gasteiger partial charge in [-0.3, -0.25) is 4.79 Å². The van der Waals surface area contributed by atoms with Crippen LogP contribution in [0.1, 0.15) is 48.3 Å². The molecule has 0 saturated carbocycles. The van der Waals surface area contributed by atoms with E-state index in [-0.39, 0.29) is 36.1 Å². The van der Waals surface area contributed by atoms with Gasteiger partial charge in [-0.25, -0.2) is 4.79 Å². The molecule has 0 saturated heterocycles. The molecule has 0 radical (unpaired) electrons. The molecule has 2 atom stereocenters. The standard InChI is InChI=1S/C32H28F3NO6/c1-18-28(31(39)41-17-19-10-12-23(13-11-19)42-32(33,34)35)29(20-6-5-7-22(37)14-20)30-25(36-18)15-21(16-26(30)38)24-8-3-4-9-27(24)40-2/h3-14,21,29,36-37H,15-17H2,1-2H3. The van der Waals surface area contributed by atoms with Gasteiger partial charge in [0.15, 0.2) is 5.78 Å². The van der Waals surface area contributed by atoms with Crippen LogP contribution in [0.15, 0.2) is 95.3 Å². The molecule has 5 rings (SSSR count). The van der Waals surface area contributed by atoms with Crippen LogP contribution in [0, 0.1) is 0 Å². The third-order valence-electron chi connectivity index (χ3n) is 7.36. The van der Waals surface area contributed by atoms with Gasteiger partial charge in [0.1, 0.15) is 23.9 Å². The van der Waals surface area contributed by atoms with E-state index in [2.05, 4.69) is 10.1 Å². The Morgan fingerprint density at radius 1 is 1.02 bits per heavy atom. The number of carbonyl (C=O) groups excluding carboxylic acids is 2. The largest absolute Gasteiger partial charge is 0.573 e. The highest BCUT2D eigenvalue weighted by Gasteiger charge is 2.42. The molecule has 0 fully saturated rings. The van der Waals surface area contributed by atoms with Gasteiger partial charge in [0.2, 0.25) is 0 Å². The molecule has 2 unspecified atom stereocenters. The summed E-state index contributed by atoms with van der Waals surface area (Å²) < 4.78 is 52.4. The number of phenols is 1. The van der Waals surface area contributed by atoms with Crippen molar-refractivity contribution in [3.05, 3.63) is 112 Å². The molecule has 1 aliphatic heterocycles. The van der Waals surface area contributed by atoms with Gasteiger partial charge in [-0.1, -0.05) is 42.5 Å². The number of aromatic hydroxyl groups is 1. The first-order valence-electron chi connectivity index (χ1n) is 13.2. The third kappa shape index (κ3) is 6.12. The van der Waals surface area contributed by atoms with Crippen LogP contribution < -0.4 is 14.8 Å². The first kappa shape index (κ1) is 28.8. The lowest BCUT2D eigenvalue weighted by atomic mass is 9.71. The van der Waals surface area contributed by atoms with Gasteiger partial charge in [0.05, 0.1) is 12.7 Å². The lowest BCUT2D eigenvalue weighted by molar-refractivity contribution is -0.274. The zero-order valence-electron chi connectivity index (χ0n) is 22.8. The molecule has 0 bridgehead atoms. The highest BCUT2D eigenvalue weighted by atomic mass is 19.4. The topological polar surface area (TPSA) is 94.1 Å². The number of para-hydroxylation sites is 1. The zero-order valence-corrected chi connectivity index (χ0v) is 22.8. The lowest BCUT2D eigenvalue weighted by Crippen LogP contribution is -2.36. The normalized spacial score (nSPS) is 18.7. The van der Waals surface area contributed by atoms with Crippen molar-refractivity contribution in [2.75, 3.05) is 7.11 Å². The van der Waals surface area contributed by atoms with Crippen molar-refractivity contribution in [1.82, 2.24) is 5.32 Å². The molecule has 2 N–H and O–H groups in total. The lowest BCUT2D eigenvalue weighted by Gasteiger charge is -2.37. The Balaban J connectivity index is 1.44. The Morgan fingerprint density at radius 2 is 1.76 bits per heavy atom. The maximum atomic E-state index is 13.8. The molecule has 1 heterocycles.